The molecule has 0 unspecified atom stereocenters. The van der Waals surface area contributed by atoms with Gasteiger partial charge in [-0.3, -0.25) is 4.79 Å². The van der Waals surface area contributed by atoms with Crippen LogP contribution < -0.4 is 0 Å². The van der Waals surface area contributed by atoms with E-state index in [1.165, 1.54) is 12.3 Å². The first-order valence-corrected chi connectivity index (χ1v) is 5.48. The maximum atomic E-state index is 13.4. The molecule has 0 bridgehead atoms. The van der Waals surface area contributed by atoms with Gasteiger partial charge in [0.1, 0.15) is 28.2 Å². The van der Waals surface area contributed by atoms with Crippen molar-refractivity contribution in [1.29, 1.82) is 0 Å². The molecule has 0 fully saturated rings. The topological polar surface area (TPSA) is 30.0 Å². The predicted molar refractivity (Wildman–Crippen MR) is 57.4 cm³/mol. The number of carbonyl (C=O) groups excluding carboxylic acids is 1. The van der Waals surface area contributed by atoms with Crippen LogP contribution in [0.3, 0.4) is 0 Å². The summed E-state index contributed by atoms with van der Waals surface area (Å²) in [6.07, 6.45) is 0. The number of nitrogens with zero attached hydrogens (tertiary/aromatic N) is 1. The zero-order valence-electron chi connectivity index (χ0n) is 8.63. The van der Waals surface area contributed by atoms with E-state index in [2.05, 4.69) is 4.98 Å². The fourth-order valence-electron chi connectivity index (χ4n) is 1.30. The second-order valence-electron chi connectivity index (χ2n) is 3.34. The lowest BCUT2D eigenvalue weighted by Crippen LogP contribution is -1.94. The number of hydrogen-bond donors (Lipinski definition) is 0. The number of Topliss-reactive ketones (excluding diaryl/α,β-unsaturated/α-hetero) is 1. The molecule has 0 spiro atoms. The van der Waals surface area contributed by atoms with Gasteiger partial charge in [0.25, 0.3) is 0 Å². The molecule has 88 valence electrons. The van der Waals surface area contributed by atoms with Crippen molar-refractivity contribution in [2.45, 2.75) is 6.92 Å². The second-order valence-corrected chi connectivity index (χ2v) is 4.20. The van der Waals surface area contributed by atoms with E-state index in [1.807, 2.05) is 0 Å². The Balaban J connectivity index is 2.56. The fraction of sp³-hybridized carbons (Fsp3) is 0.0909. The van der Waals surface area contributed by atoms with Crippen molar-refractivity contribution in [3.8, 4) is 10.6 Å². The first kappa shape index (κ1) is 11.8. The molecule has 0 N–H and O–H groups in total. The highest BCUT2D eigenvalue weighted by atomic mass is 32.1. The van der Waals surface area contributed by atoms with Gasteiger partial charge in [0, 0.05) is 24.4 Å². The lowest BCUT2D eigenvalue weighted by Gasteiger charge is -2.01. The molecular weight excluding hydrogens is 251 g/mol. The van der Waals surface area contributed by atoms with Gasteiger partial charge in [-0.25, -0.2) is 18.2 Å². The molecule has 0 saturated heterocycles. The Morgan fingerprint density at radius 3 is 2.29 bits per heavy atom. The van der Waals surface area contributed by atoms with Crippen LogP contribution in [0.25, 0.3) is 10.6 Å². The van der Waals surface area contributed by atoms with Crippen LogP contribution in [0, 0.1) is 17.5 Å². The number of halogens is 3. The van der Waals surface area contributed by atoms with E-state index in [1.54, 1.807) is 0 Å². The Labute approximate surface area is 98.7 Å². The summed E-state index contributed by atoms with van der Waals surface area (Å²) in [4.78, 5) is 14.8. The maximum absolute atomic E-state index is 13.4. The fourth-order valence-corrected chi connectivity index (χ4v) is 2.20. The SMILES string of the molecule is CC(=O)c1csc(-c2c(F)cc(F)cc2F)n1. The van der Waals surface area contributed by atoms with Gasteiger partial charge < -0.3 is 0 Å². The zero-order chi connectivity index (χ0) is 12.6. The quantitative estimate of drug-likeness (QED) is 0.771. The molecule has 2 aromatic rings. The molecule has 1 heterocycles. The lowest BCUT2D eigenvalue weighted by molar-refractivity contribution is 0.101. The van der Waals surface area contributed by atoms with Gasteiger partial charge in [0.15, 0.2) is 5.78 Å². The molecule has 0 radical (unpaired) electrons. The smallest absolute Gasteiger partial charge is 0.178 e. The van der Waals surface area contributed by atoms with E-state index in [4.69, 9.17) is 0 Å². The molecule has 0 aliphatic rings. The van der Waals surface area contributed by atoms with Crippen molar-refractivity contribution < 1.29 is 18.0 Å². The van der Waals surface area contributed by atoms with Crippen molar-refractivity contribution >= 4 is 17.1 Å². The molecule has 2 nitrogen and oxygen atoms in total. The Bertz CT molecular complexity index is 571. The van der Waals surface area contributed by atoms with Crippen LogP contribution in [0.2, 0.25) is 0 Å². The predicted octanol–water partition coefficient (Wildman–Crippen LogP) is 3.43. The third-order valence-electron chi connectivity index (χ3n) is 2.09. The van der Waals surface area contributed by atoms with Crippen molar-refractivity contribution in [3.05, 3.63) is 40.7 Å². The van der Waals surface area contributed by atoms with Gasteiger partial charge in [-0.05, 0) is 0 Å². The third kappa shape index (κ3) is 2.21. The number of aromatic nitrogens is 1. The minimum Gasteiger partial charge on any atom is -0.293 e. The summed E-state index contributed by atoms with van der Waals surface area (Å²) in [6.45, 7) is 1.30. The summed E-state index contributed by atoms with van der Waals surface area (Å²) in [5.74, 6) is -3.36. The normalized spacial score (nSPS) is 10.6. The van der Waals surface area contributed by atoms with Crippen molar-refractivity contribution in [2.75, 3.05) is 0 Å². The summed E-state index contributed by atoms with van der Waals surface area (Å²) in [7, 11) is 0. The van der Waals surface area contributed by atoms with Gasteiger partial charge in [-0.2, -0.15) is 0 Å². The monoisotopic (exact) mass is 257 g/mol. The molecule has 1 aromatic heterocycles. The van der Waals surface area contributed by atoms with E-state index in [-0.39, 0.29) is 16.5 Å². The largest absolute Gasteiger partial charge is 0.293 e. The summed E-state index contributed by atoms with van der Waals surface area (Å²) in [6, 6.07) is 1.15. The summed E-state index contributed by atoms with van der Waals surface area (Å²) < 4.78 is 39.5. The van der Waals surface area contributed by atoms with Gasteiger partial charge in [-0.15, -0.1) is 11.3 Å². The van der Waals surface area contributed by atoms with Crippen molar-refractivity contribution in [3.63, 3.8) is 0 Å². The lowest BCUT2D eigenvalue weighted by atomic mass is 10.2. The summed E-state index contributed by atoms with van der Waals surface area (Å²) in [5, 5.41) is 1.42. The highest BCUT2D eigenvalue weighted by Crippen LogP contribution is 2.29. The minimum atomic E-state index is -1.04. The standard InChI is InChI=1S/C11H6F3NOS/c1-5(16)9-4-17-11(15-9)10-7(13)2-6(12)3-8(10)14/h2-4H,1H3. The van der Waals surface area contributed by atoms with Crippen LogP contribution in [0.4, 0.5) is 13.2 Å². The van der Waals surface area contributed by atoms with Crippen LogP contribution in [0.5, 0.6) is 0 Å². The summed E-state index contributed by atoms with van der Waals surface area (Å²) >= 11 is 0.931. The third-order valence-corrected chi connectivity index (χ3v) is 2.95. The van der Waals surface area contributed by atoms with Crippen molar-refractivity contribution in [2.24, 2.45) is 0 Å². The number of rotatable bonds is 2. The average molecular weight is 257 g/mol. The first-order valence-electron chi connectivity index (χ1n) is 4.60. The molecule has 17 heavy (non-hydrogen) atoms. The van der Waals surface area contributed by atoms with Crippen molar-refractivity contribution in [1.82, 2.24) is 4.98 Å². The Morgan fingerprint density at radius 1 is 1.24 bits per heavy atom. The molecule has 1 aromatic carbocycles. The van der Waals surface area contributed by atoms with E-state index in [0.29, 0.717) is 12.1 Å². The van der Waals surface area contributed by atoms with Gasteiger partial charge in [0.2, 0.25) is 0 Å². The van der Waals surface area contributed by atoms with E-state index in [0.717, 1.165) is 11.3 Å². The Hall–Kier alpha value is -1.69. The number of benzene rings is 1. The Kier molecular flexibility index (Phi) is 2.97. The highest BCUT2D eigenvalue weighted by molar-refractivity contribution is 7.13. The van der Waals surface area contributed by atoms with E-state index in [9.17, 15) is 18.0 Å². The van der Waals surface area contributed by atoms with Crippen LogP contribution in [-0.4, -0.2) is 10.8 Å². The highest BCUT2D eigenvalue weighted by Gasteiger charge is 2.17. The molecule has 6 heteroatoms. The average Bonchev–Trinajstić information content (AvgIpc) is 2.65. The Morgan fingerprint density at radius 2 is 1.82 bits per heavy atom. The number of thiazole rings is 1. The minimum absolute atomic E-state index is 0.0187. The van der Waals surface area contributed by atoms with Gasteiger partial charge in [0.05, 0.1) is 5.56 Å². The number of hydrogen-bond acceptors (Lipinski definition) is 3. The van der Waals surface area contributed by atoms with E-state index >= 15 is 0 Å². The first-order chi connectivity index (χ1) is 7.99. The van der Waals surface area contributed by atoms with Crippen LogP contribution in [-0.2, 0) is 0 Å². The molecular formula is C11H6F3NOS. The number of carbonyl (C=O) groups is 1. The van der Waals surface area contributed by atoms with E-state index < -0.39 is 23.0 Å². The van der Waals surface area contributed by atoms with Crippen LogP contribution >= 0.6 is 11.3 Å². The summed E-state index contributed by atoms with van der Waals surface area (Å²) in [5.41, 5.74) is -0.281. The van der Waals surface area contributed by atoms with Gasteiger partial charge >= 0.3 is 0 Å². The second kappa shape index (κ2) is 4.29. The molecule has 0 atom stereocenters. The maximum Gasteiger partial charge on any atom is 0.178 e. The zero-order valence-corrected chi connectivity index (χ0v) is 9.45. The molecule has 0 amide bonds. The molecule has 0 saturated carbocycles. The molecule has 0 aliphatic heterocycles. The number of ketones is 1. The van der Waals surface area contributed by atoms with Gasteiger partial charge in [-0.1, -0.05) is 0 Å². The van der Waals surface area contributed by atoms with Crippen LogP contribution in [0.15, 0.2) is 17.5 Å². The molecule has 2 rings (SSSR count). The van der Waals surface area contributed by atoms with Crippen LogP contribution in [0.1, 0.15) is 17.4 Å². The molecule has 0 aliphatic carbocycles.